The molecule has 0 saturated heterocycles. The Balaban J connectivity index is 1.89. The number of hydrogen-bond acceptors (Lipinski definition) is 6. The lowest BCUT2D eigenvalue weighted by Crippen LogP contribution is -2.54. The largest absolute Gasteiger partial charge is 0.497 e. The van der Waals surface area contributed by atoms with Crippen molar-refractivity contribution in [3.05, 3.63) is 118 Å². The quantitative estimate of drug-likeness (QED) is 0.141. The molecule has 12 heteroatoms. The minimum Gasteiger partial charge on any atom is -0.497 e. The van der Waals surface area contributed by atoms with Crippen LogP contribution in [0.25, 0.3) is 0 Å². The van der Waals surface area contributed by atoms with Crippen LogP contribution < -0.4 is 19.1 Å². The van der Waals surface area contributed by atoms with Crippen molar-refractivity contribution >= 4 is 50.7 Å². The van der Waals surface area contributed by atoms with E-state index in [9.17, 15) is 18.0 Å². The highest BCUT2D eigenvalue weighted by Crippen LogP contribution is 2.36. The lowest BCUT2D eigenvalue weighted by molar-refractivity contribution is -0.140. The van der Waals surface area contributed by atoms with E-state index in [0.717, 1.165) is 15.4 Å². The summed E-state index contributed by atoms with van der Waals surface area (Å²) >= 11 is 12.8. The molecule has 260 valence electrons. The van der Waals surface area contributed by atoms with Crippen molar-refractivity contribution in [2.45, 2.75) is 57.1 Å². The van der Waals surface area contributed by atoms with Crippen LogP contribution in [0.3, 0.4) is 0 Å². The number of ether oxygens (including phenoxy) is 2. The molecule has 9 nitrogen and oxygen atoms in total. The van der Waals surface area contributed by atoms with E-state index in [4.69, 9.17) is 32.7 Å². The third-order valence-corrected chi connectivity index (χ3v) is 10.5. The summed E-state index contributed by atoms with van der Waals surface area (Å²) in [6.07, 6.45) is 0.826. The maximum absolute atomic E-state index is 14.8. The Hall–Kier alpha value is -4.25. The summed E-state index contributed by atoms with van der Waals surface area (Å²) in [6, 6.07) is 24.0. The summed E-state index contributed by atoms with van der Waals surface area (Å²) in [7, 11) is -1.50. The van der Waals surface area contributed by atoms with Gasteiger partial charge >= 0.3 is 0 Å². The number of carbonyl (C=O) groups excluding carboxylic acids is 2. The molecular weight excluding hydrogens is 685 g/mol. The first kappa shape index (κ1) is 37.6. The van der Waals surface area contributed by atoms with E-state index in [-0.39, 0.29) is 41.2 Å². The molecule has 0 aliphatic carbocycles. The molecule has 4 rings (SSSR count). The molecule has 2 unspecified atom stereocenters. The van der Waals surface area contributed by atoms with Crippen molar-refractivity contribution in [2.75, 3.05) is 25.1 Å². The number of carbonyl (C=O) groups is 2. The van der Waals surface area contributed by atoms with Gasteiger partial charge in [-0.3, -0.25) is 13.9 Å². The van der Waals surface area contributed by atoms with Gasteiger partial charge in [-0.1, -0.05) is 84.2 Å². The van der Waals surface area contributed by atoms with Gasteiger partial charge in [-0.05, 0) is 67.8 Å². The number of aryl methyl sites for hydroxylation is 1. The topological polar surface area (TPSA) is 105 Å². The maximum atomic E-state index is 14.8. The second kappa shape index (κ2) is 16.9. The Kier molecular flexibility index (Phi) is 13.0. The summed E-state index contributed by atoms with van der Waals surface area (Å²) in [4.78, 5) is 30.2. The molecule has 0 aliphatic rings. The number of hydrogen-bond donors (Lipinski definition) is 1. The molecule has 0 spiro atoms. The van der Waals surface area contributed by atoms with E-state index >= 15 is 0 Å². The molecule has 0 aromatic heterocycles. The van der Waals surface area contributed by atoms with Gasteiger partial charge < -0.3 is 19.7 Å². The number of anilines is 1. The Morgan fingerprint density at radius 2 is 1.59 bits per heavy atom. The minimum atomic E-state index is -4.37. The SMILES string of the molecule is CCC(C)NC(=O)C(Cc1ccccc1)N(Cc1ccc(Cl)cc1Cl)C(=O)CN(c1cc(OC)ccc1OC)S(=O)(=O)c1ccc(C)cc1. The Labute approximate surface area is 298 Å². The second-order valence-electron chi connectivity index (χ2n) is 11.6. The molecule has 2 amide bonds. The van der Waals surface area contributed by atoms with E-state index in [0.29, 0.717) is 27.8 Å². The summed E-state index contributed by atoms with van der Waals surface area (Å²) in [6.45, 7) is 4.90. The molecule has 0 bridgehead atoms. The second-order valence-corrected chi connectivity index (χ2v) is 14.3. The average molecular weight is 727 g/mol. The van der Waals surface area contributed by atoms with E-state index in [1.165, 1.54) is 37.3 Å². The predicted octanol–water partition coefficient (Wildman–Crippen LogP) is 7.07. The summed E-state index contributed by atoms with van der Waals surface area (Å²) in [5, 5.41) is 3.72. The number of rotatable bonds is 15. The van der Waals surface area contributed by atoms with Crippen LogP contribution in [0.4, 0.5) is 5.69 Å². The molecular formula is C37H41Cl2N3O6S. The van der Waals surface area contributed by atoms with E-state index in [2.05, 4.69) is 5.32 Å². The number of nitrogens with one attached hydrogen (secondary N) is 1. The molecule has 49 heavy (non-hydrogen) atoms. The molecule has 0 fully saturated rings. The van der Waals surface area contributed by atoms with Gasteiger partial charge in [0.15, 0.2) is 0 Å². The number of halogens is 2. The Morgan fingerprint density at radius 1 is 0.898 bits per heavy atom. The standard InChI is InChI=1S/C37H41Cl2N3O6S/c1-6-26(3)40-37(44)34(20-27-10-8-7-9-11-27)41(23-28-14-15-29(38)21-32(28)39)36(43)24-42(33-22-30(47-4)16-19-35(33)48-5)49(45,46)31-17-12-25(2)13-18-31/h7-19,21-22,26,34H,6,20,23-24H2,1-5H3,(H,40,44). The predicted molar refractivity (Wildman–Crippen MR) is 194 cm³/mol. The first-order chi connectivity index (χ1) is 23.4. The Morgan fingerprint density at radius 3 is 2.20 bits per heavy atom. The van der Waals surface area contributed by atoms with Crippen molar-refractivity contribution in [2.24, 2.45) is 0 Å². The van der Waals surface area contributed by atoms with Crippen LogP contribution in [0.15, 0.2) is 95.9 Å². The summed E-state index contributed by atoms with van der Waals surface area (Å²) < 4.78 is 40.9. The normalized spacial score (nSPS) is 12.5. The van der Waals surface area contributed by atoms with Gasteiger partial charge in [-0.15, -0.1) is 0 Å². The molecule has 1 N–H and O–H groups in total. The zero-order valence-corrected chi connectivity index (χ0v) is 30.5. The molecule has 0 radical (unpaired) electrons. The highest BCUT2D eigenvalue weighted by molar-refractivity contribution is 7.92. The van der Waals surface area contributed by atoms with Crippen molar-refractivity contribution in [3.63, 3.8) is 0 Å². The maximum Gasteiger partial charge on any atom is 0.264 e. The molecule has 0 aliphatic heterocycles. The van der Waals surface area contributed by atoms with Crippen molar-refractivity contribution < 1.29 is 27.5 Å². The minimum absolute atomic E-state index is 0.0292. The monoisotopic (exact) mass is 725 g/mol. The van der Waals surface area contributed by atoms with E-state index < -0.39 is 28.5 Å². The fraction of sp³-hybridized carbons (Fsp3) is 0.297. The molecule has 4 aromatic carbocycles. The first-order valence-corrected chi connectivity index (χ1v) is 18.0. The lowest BCUT2D eigenvalue weighted by atomic mass is 10.0. The van der Waals surface area contributed by atoms with Crippen LogP contribution in [0.5, 0.6) is 11.5 Å². The van der Waals surface area contributed by atoms with E-state index in [1.54, 1.807) is 42.5 Å². The van der Waals surface area contributed by atoms with Gasteiger partial charge in [0, 0.05) is 35.1 Å². The van der Waals surface area contributed by atoms with Crippen LogP contribution in [0.1, 0.15) is 37.0 Å². The van der Waals surface area contributed by atoms with Crippen molar-refractivity contribution in [1.82, 2.24) is 10.2 Å². The fourth-order valence-corrected chi connectivity index (χ4v) is 7.06. The van der Waals surface area contributed by atoms with Crippen LogP contribution in [-0.2, 0) is 32.6 Å². The average Bonchev–Trinajstić information content (AvgIpc) is 3.09. The zero-order chi connectivity index (χ0) is 35.7. The number of benzene rings is 4. The first-order valence-electron chi connectivity index (χ1n) is 15.8. The van der Waals surface area contributed by atoms with Crippen molar-refractivity contribution in [3.8, 4) is 11.5 Å². The van der Waals surface area contributed by atoms with Gasteiger partial charge in [0.2, 0.25) is 11.8 Å². The van der Waals surface area contributed by atoms with Gasteiger partial charge in [-0.25, -0.2) is 8.42 Å². The van der Waals surface area contributed by atoms with Gasteiger partial charge in [0.05, 0.1) is 24.8 Å². The van der Waals surface area contributed by atoms with Gasteiger partial charge in [-0.2, -0.15) is 0 Å². The smallest absolute Gasteiger partial charge is 0.264 e. The third-order valence-electron chi connectivity index (χ3n) is 8.17. The highest BCUT2D eigenvalue weighted by atomic mass is 35.5. The van der Waals surface area contributed by atoms with Crippen LogP contribution in [0.2, 0.25) is 10.0 Å². The van der Waals surface area contributed by atoms with Gasteiger partial charge in [0.1, 0.15) is 24.1 Å². The fourth-order valence-electron chi connectivity index (χ4n) is 5.17. The lowest BCUT2D eigenvalue weighted by Gasteiger charge is -2.34. The molecule has 4 aromatic rings. The molecule has 0 saturated carbocycles. The molecule has 0 heterocycles. The van der Waals surface area contributed by atoms with Crippen LogP contribution in [-0.4, -0.2) is 58.0 Å². The number of nitrogens with zero attached hydrogens (tertiary/aromatic N) is 2. The number of methoxy groups -OCH3 is 2. The molecule has 2 atom stereocenters. The van der Waals surface area contributed by atoms with E-state index in [1.807, 2.05) is 51.1 Å². The van der Waals surface area contributed by atoms with Crippen molar-refractivity contribution in [1.29, 1.82) is 0 Å². The summed E-state index contributed by atoms with van der Waals surface area (Å²) in [5.74, 6) is -0.477. The van der Waals surface area contributed by atoms with Crippen LogP contribution >= 0.6 is 23.2 Å². The number of amides is 2. The zero-order valence-electron chi connectivity index (χ0n) is 28.2. The third kappa shape index (κ3) is 9.47. The number of sulfonamides is 1. The summed E-state index contributed by atoms with van der Waals surface area (Å²) in [5.41, 5.74) is 2.29. The Bertz CT molecular complexity index is 1860. The highest BCUT2D eigenvalue weighted by Gasteiger charge is 2.36. The van der Waals surface area contributed by atoms with Crippen LogP contribution in [0, 0.1) is 6.92 Å². The van der Waals surface area contributed by atoms with Gasteiger partial charge in [0.25, 0.3) is 10.0 Å².